The van der Waals surface area contributed by atoms with Crippen molar-refractivity contribution < 1.29 is 9.90 Å². The number of thioether (sulfide) groups is 1. The quantitative estimate of drug-likeness (QED) is 0.762. The van der Waals surface area contributed by atoms with E-state index in [1.165, 1.54) is 11.8 Å². The van der Waals surface area contributed by atoms with Crippen molar-refractivity contribution in [1.82, 2.24) is 14.8 Å². The van der Waals surface area contributed by atoms with Crippen LogP contribution in [0.1, 0.15) is 27.7 Å². The van der Waals surface area contributed by atoms with E-state index in [1.807, 2.05) is 11.5 Å². The van der Waals surface area contributed by atoms with Gasteiger partial charge in [0, 0.05) is 19.1 Å². The molecule has 6 nitrogen and oxygen atoms in total. The standard InChI is InChI=1S/C11H20N4O2S/c1-5-14(8(3)4)10-12-13-11(15(10)6-2)18-7-9(16)17/h8H,5-7H2,1-4H3,(H,16,17). The molecule has 0 fully saturated rings. The van der Waals surface area contributed by atoms with E-state index in [-0.39, 0.29) is 5.75 Å². The maximum Gasteiger partial charge on any atom is 0.313 e. The van der Waals surface area contributed by atoms with E-state index >= 15 is 0 Å². The fourth-order valence-corrected chi connectivity index (χ4v) is 2.46. The molecule has 0 aromatic carbocycles. The molecule has 0 amide bonds. The summed E-state index contributed by atoms with van der Waals surface area (Å²) in [6.45, 7) is 9.85. The Labute approximate surface area is 111 Å². The predicted molar refractivity (Wildman–Crippen MR) is 72.2 cm³/mol. The van der Waals surface area contributed by atoms with Crippen molar-refractivity contribution in [3.63, 3.8) is 0 Å². The Morgan fingerprint density at radius 2 is 2.11 bits per heavy atom. The van der Waals surface area contributed by atoms with Gasteiger partial charge in [-0.05, 0) is 27.7 Å². The highest BCUT2D eigenvalue weighted by Gasteiger charge is 2.18. The lowest BCUT2D eigenvalue weighted by Crippen LogP contribution is -2.33. The number of carboxylic acids is 1. The molecule has 18 heavy (non-hydrogen) atoms. The third kappa shape index (κ3) is 3.38. The highest BCUT2D eigenvalue weighted by atomic mass is 32.2. The summed E-state index contributed by atoms with van der Waals surface area (Å²) in [6.07, 6.45) is 0. The number of hydrogen-bond acceptors (Lipinski definition) is 5. The molecule has 0 aliphatic heterocycles. The van der Waals surface area contributed by atoms with Gasteiger partial charge >= 0.3 is 5.97 Å². The topological polar surface area (TPSA) is 71.2 Å². The van der Waals surface area contributed by atoms with Gasteiger partial charge in [-0.1, -0.05) is 11.8 Å². The normalized spacial score (nSPS) is 10.9. The molecule has 1 heterocycles. The molecule has 0 radical (unpaired) electrons. The summed E-state index contributed by atoms with van der Waals surface area (Å²) in [5.74, 6) is -0.0299. The van der Waals surface area contributed by atoms with E-state index in [0.29, 0.717) is 11.2 Å². The Kier molecular flexibility index (Phi) is 5.46. The van der Waals surface area contributed by atoms with Crippen LogP contribution in [0.2, 0.25) is 0 Å². The summed E-state index contributed by atoms with van der Waals surface area (Å²) >= 11 is 1.20. The first-order chi connectivity index (χ1) is 8.51. The van der Waals surface area contributed by atoms with Crippen molar-refractivity contribution in [3.05, 3.63) is 0 Å². The third-order valence-corrected chi connectivity index (χ3v) is 3.51. The van der Waals surface area contributed by atoms with Crippen LogP contribution >= 0.6 is 11.8 Å². The Morgan fingerprint density at radius 1 is 1.44 bits per heavy atom. The number of carbonyl (C=O) groups is 1. The van der Waals surface area contributed by atoms with Gasteiger partial charge in [-0.25, -0.2) is 0 Å². The van der Waals surface area contributed by atoms with Gasteiger partial charge in [-0.15, -0.1) is 10.2 Å². The predicted octanol–water partition coefficient (Wildman–Crippen LogP) is 1.71. The molecule has 1 N–H and O–H groups in total. The molecule has 0 spiro atoms. The molecule has 0 aliphatic rings. The first-order valence-electron chi connectivity index (χ1n) is 6.05. The number of aliphatic carboxylic acids is 1. The maximum absolute atomic E-state index is 10.6. The number of hydrogen-bond donors (Lipinski definition) is 1. The molecule has 7 heteroatoms. The smallest absolute Gasteiger partial charge is 0.313 e. The summed E-state index contributed by atoms with van der Waals surface area (Å²) in [5.41, 5.74) is 0. The Morgan fingerprint density at radius 3 is 2.56 bits per heavy atom. The second-order valence-electron chi connectivity index (χ2n) is 4.09. The van der Waals surface area contributed by atoms with Crippen LogP contribution in [0, 0.1) is 0 Å². The van der Waals surface area contributed by atoms with E-state index < -0.39 is 5.97 Å². The molecule has 0 saturated heterocycles. The van der Waals surface area contributed by atoms with Gasteiger partial charge in [0.25, 0.3) is 0 Å². The minimum atomic E-state index is -0.844. The van der Waals surface area contributed by atoms with Crippen LogP contribution in [0.5, 0.6) is 0 Å². The van der Waals surface area contributed by atoms with E-state index in [4.69, 9.17) is 5.11 Å². The lowest BCUT2D eigenvalue weighted by molar-refractivity contribution is -0.133. The number of anilines is 1. The van der Waals surface area contributed by atoms with E-state index in [1.54, 1.807) is 0 Å². The van der Waals surface area contributed by atoms with Crippen LogP contribution < -0.4 is 4.90 Å². The van der Waals surface area contributed by atoms with Gasteiger partial charge in [-0.2, -0.15) is 0 Å². The maximum atomic E-state index is 10.6. The van der Waals surface area contributed by atoms with Crippen LogP contribution in [-0.4, -0.2) is 44.2 Å². The Balaban J connectivity index is 2.96. The first kappa shape index (κ1) is 14.8. The summed E-state index contributed by atoms with van der Waals surface area (Å²) in [7, 11) is 0. The Hall–Kier alpha value is -1.24. The molecule has 102 valence electrons. The second-order valence-corrected chi connectivity index (χ2v) is 5.03. The van der Waals surface area contributed by atoms with E-state index in [9.17, 15) is 4.79 Å². The molecule has 0 bridgehead atoms. The second kappa shape index (κ2) is 6.63. The minimum absolute atomic E-state index is 0.00589. The molecule has 0 unspecified atom stereocenters. The van der Waals surface area contributed by atoms with Crippen LogP contribution in [0.4, 0.5) is 5.95 Å². The fraction of sp³-hybridized carbons (Fsp3) is 0.727. The van der Waals surface area contributed by atoms with Crippen molar-refractivity contribution >= 4 is 23.7 Å². The third-order valence-electron chi connectivity index (χ3n) is 2.56. The lowest BCUT2D eigenvalue weighted by Gasteiger charge is -2.26. The highest BCUT2D eigenvalue weighted by molar-refractivity contribution is 7.99. The highest BCUT2D eigenvalue weighted by Crippen LogP contribution is 2.22. The largest absolute Gasteiger partial charge is 0.481 e. The van der Waals surface area contributed by atoms with Crippen LogP contribution in [-0.2, 0) is 11.3 Å². The van der Waals surface area contributed by atoms with Gasteiger partial charge in [-0.3, -0.25) is 9.36 Å². The number of aromatic nitrogens is 3. The number of nitrogens with zero attached hydrogens (tertiary/aromatic N) is 4. The van der Waals surface area contributed by atoms with Crippen molar-refractivity contribution in [1.29, 1.82) is 0 Å². The van der Waals surface area contributed by atoms with Gasteiger partial charge in [0.2, 0.25) is 5.95 Å². The van der Waals surface area contributed by atoms with Crippen LogP contribution in [0.15, 0.2) is 5.16 Å². The first-order valence-corrected chi connectivity index (χ1v) is 7.04. The molecule has 1 rings (SSSR count). The summed E-state index contributed by atoms with van der Waals surface area (Å²) in [4.78, 5) is 12.7. The molecule has 0 saturated carbocycles. The van der Waals surface area contributed by atoms with Gasteiger partial charge in [0.15, 0.2) is 5.16 Å². The van der Waals surface area contributed by atoms with Crippen LogP contribution in [0.3, 0.4) is 0 Å². The molecule has 0 atom stereocenters. The monoisotopic (exact) mass is 272 g/mol. The van der Waals surface area contributed by atoms with E-state index in [0.717, 1.165) is 19.0 Å². The van der Waals surface area contributed by atoms with Crippen molar-refractivity contribution in [3.8, 4) is 0 Å². The SMILES string of the molecule is CCN(c1nnc(SCC(=O)O)n1CC)C(C)C. The fourth-order valence-electron chi connectivity index (χ4n) is 1.74. The minimum Gasteiger partial charge on any atom is -0.481 e. The zero-order valence-electron chi connectivity index (χ0n) is 11.3. The van der Waals surface area contributed by atoms with Crippen molar-refractivity contribution in [2.45, 2.75) is 45.4 Å². The van der Waals surface area contributed by atoms with Crippen molar-refractivity contribution in [2.24, 2.45) is 0 Å². The molecule has 1 aromatic rings. The summed E-state index contributed by atoms with van der Waals surface area (Å²) in [6, 6.07) is 0.335. The number of rotatable bonds is 7. The zero-order chi connectivity index (χ0) is 13.7. The molecule has 0 aliphatic carbocycles. The molecular weight excluding hydrogens is 252 g/mol. The lowest BCUT2D eigenvalue weighted by atomic mass is 10.3. The summed E-state index contributed by atoms with van der Waals surface area (Å²) < 4.78 is 1.96. The number of carboxylic acid groups (broad SMARTS) is 1. The molecular formula is C11H20N4O2S. The summed E-state index contributed by atoms with van der Waals surface area (Å²) in [5, 5.41) is 17.6. The van der Waals surface area contributed by atoms with E-state index in [2.05, 4.69) is 35.9 Å². The van der Waals surface area contributed by atoms with Gasteiger partial charge < -0.3 is 10.0 Å². The zero-order valence-corrected chi connectivity index (χ0v) is 12.1. The Bertz CT molecular complexity index is 406. The molecule has 1 aromatic heterocycles. The van der Waals surface area contributed by atoms with Crippen molar-refractivity contribution in [2.75, 3.05) is 17.2 Å². The van der Waals surface area contributed by atoms with Gasteiger partial charge in [0.1, 0.15) is 0 Å². The van der Waals surface area contributed by atoms with Crippen LogP contribution in [0.25, 0.3) is 0 Å². The average Bonchev–Trinajstić information content (AvgIpc) is 2.69. The van der Waals surface area contributed by atoms with Gasteiger partial charge in [0.05, 0.1) is 5.75 Å². The average molecular weight is 272 g/mol.